The van der Waals surface area contributed by atoms with Crippen molar-refractivity contribution in [3.63, 3.8) is 0 Å². The van der Waals surface area contributed by atoms with Gasteiger partial charge in [0.15, 0.2) is 11.5 Å². The first-order valence-corrected chi connectivity index (χ1v) is 9.17. The maximum Gasteiger partial charge on any atom is 0.273 e. The fourth-order valence-corrected chi connectivity index (χ4v) is 3.36. The van der Waals surface area contributed by atoms with Crippen LogP contribution in [0.4, 0.5) is 17.1 Å². The van der Waals surface area contributed by atoms with Crippen molar-refractivity contribution in [2.24, 2.45) is 10.2 Å². The molecule has 3 aromatic rings. The van der Waals surface area contributed by atoms with Crippen molar-refractivity contribution in [2.75, 3.05) is 0 Å². The molecule has 0 amide bonds. The van der Waals surface area contributed by atoms with Gasteiger partial charge in [0.2, 0.25) is 0 Å². The summed E-state index contributed by atoms with van der Waals surface area (Å²) < 4.78 is 34.0. The molecule has 2 N–H and O–H groups in total. The Morgan fingerprint density at radius 1 is 0.964 bits per heavy atom. The molecule has 0 atom stereocenters. The standard InChI is InChI=1S/C16H10ClN3O7S/c17-11-6-8(20(23)24)7-13(16(11)22)19-18-12-5-4-9-10(15(12)21)2-1-3-14(9)28(25,26)27/h1-7,21-22H,(H,25,26,27)/p-1. The summed E-state index contributed by atoms with van der Waals surface area (Å²) in [5.74, 6) is -1.02. The molecule has 0 unspecified atom stereocenters. The summed E-state index contributed by atoms with van der Waals surface area (Å²) in [6.07, 6.45) is 0. The molecule has 0 radical (unpaired) electrons. The van der Waals surface area contributed by atoms with E-state index in [0.29, 0.717) is 0 Å². The molecule has 0 spiro atoms. The lowest BCUT2D eigenvalue weighted by atomic mass is 10.1. The van der Waals surface area contributed by atoms with Crippen LogP contribution in [0.5, 0.6) is 11.5 Å². The van der Waals surface area contributed by atoms with Crippen molar-refractivity contribution in [1.29, 1.82) is 0 Å². The molecule has 28 heavy (non-hydrogen) atoms. The number of halogens is 1. The van der Waals surface area contributed by atoms with Crippen molar-refractivity contribution in [3.05, 3.63) is 57.6 Å². The average Bonchev–Trinajstić information content (AvgIpc) is 2.62. The number of aromatic hydroxyl groups is 2. The van der Waals surface area contributed by atoms with Crippen LogP contribution < -0.4 is 0 Å². The largest absolute Gasteiger partial charge is 0.744 e. The van der Waals surface area contributed by atoms with Crippen molar-refractivity contribution < 1.29 is 28.1 Å². The van der Waals surface area contributed by atoms with Crippen molar-refractivity contribution in [2.45, 2.75) is 4.90 Å². The van der Waals surface area contributed by atoms with Crippen molar-refractivity contribution in [3.8, 4) is 11.5 Å². The number of benzene rings is 3. The normalized spacial score (nSPS) is 11.9. The minimum Gasteiger partial charge on any atom is -0.744 e. The van der Waals surface area contributed by atoms with Crippen LogP contribution in [0.1, 0.15) is 0 Å². The molecule has 12 heteroatoms. The average molecular weight is 423 g/mol. The molecular weight excluding hydrogens is 414 g/mol. The van der Waals surface area contributed by atoms with Gasteiger partial charge in [0.05, 0.1) is 14.8 Å². The van der Waals surface area contributed by atoms with Crippen LogP contribution >= 0.6 is 11.6 Å². The highest BCUT2D eigenvalue weighted by Gasteiger charge is 2.16. The van der Waals surface area contributed by atoms with Crippen LogP contribution in [-0.2, 0) is 10.1 Å². The molecule has 3 rings (SSSR count). The number of phenolic OH excluding ortho intramolecular Hbond substituents is 2. The highest BCUT2D eigenvalue weighted by atomic mass is 35.5. The Morgan fingerprint density at radius 3 is 2.29 bits per heavy atom. The summed E-state index contributed by atoms with van der Waals surface area (Å²) in [6.45, 7) is 0. The Hall–Kier alpha value is -3.28. The second kappa shape index (κ2) is 7.03. The molecule has 144 valence electrons. The second-order valence-corrected chi connectivity index (χ2v) is 7.25. The molecule has 0 saturated heterocycles. The molecule has 0 fully saturated rings. The zero-order valence-corrected chi connectivity index (χ0v) is 15.2. The molecule has 0 aliphatic rings. The SMILES string of the molecule is O=[N+]([O-])c1cc(Cl)c(O)c(N=Nc2ccc3c(S(=O)(=O)[O-])cccc3c2O)c1. The van der Waals surface area contributed by atoms with Gasteiger partial charge in [-0.15, -0.1) is 10.2 Å². The van der Waals surface area contributed by atoms with Gasteiger partial charge in [-0.25, -0.2) is 8.42 Å². The zero-order chi connectivity index (χ0) is 20.6. The lowest BCUT2D eigenvalue weighted by Gasteiger charge is -2.11. The smallest absolute Gasteiger partial charge is 0.273 e. The van der Waals surface area contributed by atoms with Gasteiger partial charge in [-0.2, -0.15) is 0 Å². The molecule has 0 aliphatic heterocycles. The highest BCUT2D eigenvalue weighted by Crippen LogP contribution is 2.41. The van der Waals surface area contributed by atoms with Gasteiger partial charge in [-0.3, -0.25) is 10.1 Å². The Kier molecular flexibility index (Phi) is 4.89. The molecule has 0 heterocycles. The number of hydrogen-bond donors (Lipinski definition) is 2. The summed E-state index contributed by atoms with van der Waals surface area (Å²) in [6, 6.07) is 8.09. The number of fused-ring (bicyclic) bond motifs is 1. The predicted molar refractivity (Wildman–Crippen MR) is 97.5 cm³/mol. The van der Waals surface area contributed by atoms with Crippen molar-refractivity contribution in [1.82, 2.24) is 0 Å². The van der Waals surface area contributed by atoms with E-state index in [-0.39, 0.29) is 27.2 Å². The van der Waals surface area contributed by atoms with Crippen LogP contribution in [0.3, 0.4) is 0 Å². The highest BCUT2D eigenvalue weighted by molar-refractivity contribution is 7.86. The van der Waals surface area contributed by atoms with E-state index in [0.717, 1.165) is 18.2 Å². The molecule has 0 aromatic heterocycles. The van der Waals surface area contributed by atoms with E-state index in [4.69, 9.17) is 11.6 Å². The van der Waals surface area contributed by atoms with Crippen molar-refractivity contribution >= 4 is 49.6 Å². The minimum atomic E-state index is -4.76. The summed E-state index contributed by atoms with van der Waals surface area (Å²) in [7, 11) is -4.76. The molecule has 0 bridgehead atoms. The maximum absolute atomic E-state index is 11.3. The second-order valence-electron chi connectivity index (χ2n) is 5.49. The Morgan fingerprint density at radius 2 is 1.64 bits per heavy atom. The Bertz CT molecular complexity index is 1260. The van der Waals surface area contributed by atoms with Crippen LogP contribution in [-0.4, -0.2) is 28.1 Å². The minimum absolute atomic E-state index is 0.00445. The number of nitro benzene ring substituents is 1. The van der Waals surface area contributed by atoms with Crippen LogP contribution in [0.25, 0.3) is 10.8 Å². The monoisotopic (exact) mass is 422 g/mol. The van der Waals surface area contributed by atoms with E-state index in [1.165, 1.54) is 24.3 Å². The van der Waals surface area contributed by atoms with Crippen LogP contribution in [0, 0.1) is 10.1 Å². The first-order chi connectivity index (χ1) is 13.1. The number of non-ortho nitro benzene ring substituents is 1. The van der Waals surface area contributed by atoms with E-state index < -0.39 is 37.1 Å². The fourth-order valence-electron chi connectivity index (χ4n) is 2.46. The molecule has 0 saturated carbocycles. The van der Waals surface area contributed by atoms with Gasteiger partial charge in [0.25, 0.3) is 5.69 Å². The quantitative estimate of drug-likeness (QED) is 0.276. The Labute approximate surface area is 162 Å². The predicted octanol–water partition coefficient (Wildman–Crippen LogP) is 4.13. The first-order valence-electron chi connectivity index (χ1n) is 7.39. The number of hydrogen-bond acceptors (Lipinski definition) is 9. The molecule has 10 nitrogen and oxygen atoms in total. The van der Waals surface area contributed by atoms with E-state index in [2.05, 4.69) is 10.2 Å². The molecule has 3 aromatic carbocycles. The third-order valence-corrected chi connectivity index (χ3v) is 4.93. The maximum atomic E-state index is 11.3. The van der Waals surface area contributed by atoms with Gasteiger partial charge < -0.3 is 14.8 Å². The molecule has 0 aliphatic carbocycles. The van der Waals surface area contributed by atoms with Gasteiger partial charge in [-0.1, -0.05) is 29.8 Å². The number of rotatable bonds is 4. The van der Waals surface area contributed by atoms with Gasteiger partial charge in [0, 0.05) is 22.9 Å². The van der Waals surface area contributed by atoms with E-state index in [9.17, 15) is 33.3 Å². The zero-order valence-electron chi connectivity index (χ0n) is 13.6. The lowest BCUT2D eigenvalue weighted by Crippen LogP contribution is -1.99. The van der Waals surface area contributed by atoms with Crippen LogP contribution in [0.15, 0.2) is 57.6 Å². The lowest BCUT2D eigenvalue weighted by molar-refractivity contribution is -0.384. The number of phenols is 2. The fraction of sp³-hybridized carbons (Fsp3) is 0. The third kappa shape index (κ3) is 3.58. The van der Waals surface area contributed by atoms with Gasteiger partial charge in [-0.05, 0) is 12.1 Å². The molecular formula is C16H9ClN3O7S-. The number of azo groups is 1. The number of nitrogens with zero attached hydrogens (tertiary/aromatic N) is 3. The summed E-state index contributed by atoms with van der Waals surface area (Å²) >= 11 is 5.72. The topological polar surface area (TPSA) is 166 Å². The van der Waals surface area contributed by atoms with E-state index in [1.54, 1.807) is 0 Å². The van der Waals surface area contributed by atoms with E-state index >= 15 is 0 Å². The van der Waals surface area contributed by atoms with Gasteiger partial charge >= 0.3 is 0 Å². The summed E-state index contributed by atoms with van der Waals surface area (Å²) in [5.41, 5.74) is -0.866. The summed E-state index contributed by atoms with van der Waals surface area (Å²) in [5, 5.41) is 38.2. The first kappa shape index (κ1) is 19.5. The third-order valence-electron chi connectivity index (χ3n) is 3.75. The Balaban J connectivity index is 2.12. The van der Waals surface area contributed by atoms with Crippen LogP contribution in [0.2, 0.25) is 5.02 Å². The summed E-state index contributed by atoms with van der Waals surface area (Å²) in [4.78, 5) is 9.64. The number of nitro groups is 1. The van der Waals surface area contributed by atoms with E-state index in [1.807, 2.05) is 0 Å². The van der Waals surface area contributed by atoms with Gasteiger partial charge in [0.1, 0.15) is 21.5 Å².